The van der Waals surface area contributed by atoms with Gasteiger partial charge in [-0.05, 0) is 31.0 Å². The molecule has 170 valence electrons. The Morgan fingerprint density at radius 2 is 2.19 bits per heavy atom. The zero-order chi connectivity index (χ0) is 22.8. The topological polar surface area (TPSA) is 95.3 Å². The van der Waals surface area contributed by atoms with Crippen LogP contribution in [0.3, 0.4) is 0 Å². The fourth-order valence-corrected chi connectivity index (χ4v) is 4.29. The largest absolute Gasteiger partial charge is 0.391 e. The van der Waals surface area contributed by atoms with E-state index in [1.54, 1.807) is 31.0 Å². The van der Waals surface area contributed by atoms with E-state index in [0.717, 1.165) is 23.4 Å². The van der Waals surface area contributed by atoms with Gasteiger partial charge in [-0.1, -0.05) is 6.07 Å². The van der Waals surface area contributed by atoms with Crippen LogP contribution >= 0.6 is 0 Å². The molecule has 8 nitrogen and oxygen atoms in total. The second-order valence-electron chi connectivity index (χ2n) is 8.18. The third kappa shape index (κ3) is 4.12. The lowest BCUT2D eigenvalue weighted by atomic mass is 10.0. The summed E-state index contributed by atoms with van der Waals surface area (Å²) in [5.74, 6) is 0.149. The molecular formula is C23H29FN6O2. The van der Waals surface area contributed by atoms with Crippen molar-refractivity contribution in [1.29, 1.82) is 5.41 Å². The third-order valence-corrected chi connectivity index (χ3v) is 6.24. The molecule has 2 aliphatic rings. The van der Waals surface area contributed by atoms with E-state index < -0.39 is 5.82 Å². The molecule has 2 aliphatic heterocycles. The zero-order valence-corrected chi connectivity index (χ0v) is 18.7. The Morgan fingerprint density at radius 3 is 2.81 bits per heavy atom. The highest BCUT2D eigenvalue weighted by atomic mass is 19.1. The minimum Gasteiger partial charge on any atom is -0.391 e. The quantitative estimate of drug-likeness (QED) is 0.600. The highest BCUT2D eigenvalue weighted by Crippen LogP contribution is 2.33. The fourth-order valence-electron chi connectivity index (χ4n) is 4.29. The number of carbonyl (C=O) groups is 1. The number of benzene rings is 1. The number of allylic oxidation sites excluding steroid dienone is 2. The van der Waals surface area contributed by atoms with Crippen LogP contribution in [-0.2, 0) is 22.5 Å². The first kappa shape index (κ1) is 22.0. The number of hydrogen-bond donors (Lipinski definition) is 3. The number of anilines is 2. The standard InChI is InChI=1S/C23H29FN6O2/c1-14(26-3)18(11-25)16-4-5-21(20(24)10-16)27-23-19-12-29(15(2)31)8-6-22(19)30(28-23)17-7-9-32-13-17/h4-5,10-11,17,25-26H,6-9,12-13H2,1-3H3,(H,27,28)/b18-14+,25-11?/t17-/m0/s1. The van der Waals surface area contributed by atoms with Crippen LogP contribution in [0.25, 0.3) is 5.57 Å². The maximum Gasteiger partial charge on any atom is 0.219 e. The average molecular weight is 441 g/mol. The number of rotatable bonds is 6. The van der Waals surface area contributed by atoms with Crippen molar-refractivity contribution >= 4 is 29.2 Å². The van der Waals surface area contributed by atoms with Gasteiger partial charge in [0.05, 0.1) is 24.9 Å². The van der Waals surface area contributed by atoms with Crippen LogP contribution < -0.4 is 10.6 Å². The van der Waals surface area contributed by atoms with Gasteiger partial charge in [-0.25, -0.2) is 4.39 Å². The number of nitrogens with zero attached hydrogens (tertiary/aromatic N) is 3. The molecule has 3 heterocycles. The normalized spacial score (nSPS) is 18.8. The highest BCUT2D eigenvalue weighted by Gasteiger charge is 2.30. The van der Waals surface area contributed by atoms with E-state index >= 15 is 4.39 Å². The van der Waals surface area contributed by atoms with E-state index in [0.29, 0.717) is 55.4 Å². The number of ether oxygens (including phenoxy) is 1. The summed E-state index contributed by atoms with van der Waals surface area (Å²) in [6.45, 7) is 5.81. The summed E-state index contributed by atoms with van der Waals surface area (Å²) in [7, 11) is 1.77. The first-order chi connectivity index (χ1) is 15.4. The number of nitrogens with one attached hydrogen (secondary N) is 3. The molecule has 1 saturated heterocycles. The van der Waals surface area contributed by atoms with Gasteiger partial charge in [-0.3, -0.25) is 9.48 Å². The number of fused-ring (bicyclic) bond motifs is 1. The highest BCUT2D eigenvalue weighted by molar-refractivity contribution is 6.09. The van der Waals surface area contributed by atoms with Gasteiger partial charge in [0, 0.05) is 62.3 Å². The van der Waals surface area contributed by atoms with Gasteiger partial charge in [0.2, 0.25) is 5.91 Å². The van der Waals surface area contributed by atoms with Gasteiger partial charge in [-0.2, -0.15) is 5.10 Å². The summed E-state index contributed by atoms with van der Waals surface area (Å²) in [6, 6.07) is 5.01. The molecule has 1 aromatic carbocycles. The van der Waals surface area contributed by atoms with E-state index in [4.69, 9.17) is 15.2 Å². The number of amides is 1. The van der Waals surface area contributed by atoms with Crippen molar-refractivity contribution in [3.8, 4) is 0 Å². The van der Waals surface area contributed by atoms with Gasteiger partial charge >= 0.3 is 0 Å². The van der Waals surface area contributed by atoms with E-state index in [-0.39, 0.29) is 11.9 Å². The Morgan fingerprint density at radius 1 is 1.38 bits per heavy atom. The van der Waals surface area contributed by atoms with Gasteiger partial charge in [0.1, 0.15) is 5.82 Å². The Bertz CT molecular complexity index is 1070. The van der Waals surface area contributed by atoms with Crippen LogP contribution in [0.1, 0.15) is 43.1 Å². The molecule has 1 fully saturated rings. The van der Waals surface area contributed by atoms with Crippen molar-refractivity contribution in [2.75, 3.05) is 32.1 Å². The lowest BCUT2D eigenvalue weighted by Crippen LogP contribution is -2.35. The summed E-state index contributed by atoms with van der Waals surface area (Å²) in [4.78, 5) is 13.8. The smallest absolute Gasteiger partial charge is 0.219 e. The van der Waals surface area contributed by atoms with Crippen molar-refractivity contribution < 1.29 is 13.9 Å². The molecule has 1 atom stereocenters. The van der Waals surface area contributed by atoms with Crippen LogP contribution in [0.5, 0.6) is 0 Å². The summed E-state index contributed by atoms with van der Waals surface area (Å²) < 4.78 is 22.6. The Labute approximate surface area is 186 Å². The van der Waals surface area contributed by atoms with Crippen molar-refractivity contribution in [2.24, 2.45) is 0 Å². The molecule has 0 aliphatic carbocycles. The molecule has 9 heteroatoms. The number of carbonyl (C=O) groups excluding carboxylic acids is 1. The van der Waals surface area contributed by atoms with E-state index in [1.165, 1.54) is 12.3 Å². The van der Waals surface area contributed by atoms with E-state index in [9.17, 15) is 4.79 Å². The Balaban J connectivity index is 1.68. The van der Waals surface area contributed by atoms with Crippen LogP contribution in [0.4, 0.5) is 15.9 Å². The SMILES string of the molecule is CN/C(C)=C(\C=N)c1ccc(Nc2nn([C@H]3CCOC3)c3c2CN(C(C)=O)CC3)c(F)c1. The lowest BCUT2D eigenvalue weighted by Gasteiger charge is -2.27. The molecular weight excluding hydrogens is 411 g/mol. The minimum atomic E-state index is -0.433. The van der Waals surface area contributed by atoms with Crippen LogP contribution in [-0.4, -0.2) is 53.6 Å². The summed E-state index contributed by atoms with van der Waals surface area (Å²) in [5, 5.41) is 18.6. The van der Waals surface area contributed by atoms with Gasteiger partial charge in [-0.15, -0.1) is 0 Å². The molecule has 0 spiro atoms. The van der Waals surface area contributed by atoms with E-state index in [1.807, 2.05) is 11.6 Å². The summed E-state index contributed by atoms with van der Waals surface area (Å²) >= 11 is 0. The maximum atomic E-state index is 15.0. The number of hydrogen-bond acceptors (Lipinski definition) is 6. The third-order valence-electron chi connectivity index (χ3n) is 6.24. The second kappa shape index (κ2) is 9.12. The first-order valence-corrected chi connectivity index (χ1v) is 10.8. The number of aromatic nitrogens is 2. The van der Waals surface area contributed by atoms with Crippen LogP contribution in [0, 0.1) is 11.2 Å². The lowest BCUT2D eigenvalue weighted by molar-refractivity contribution is -0.129. The van der Waals surface area contributed by atoms with Gasteiger partial charge in [0.15, 0.2) is 5.82 Å². The number of halogens is 1. The molecule has 3 N–H and O–H groups in total. The van der Waals surface area contributed by atoms with Crippen molar-refractivity contribution in [3.63, 3.8) is 0 Å². The summed E-state index contributed by atoms with van der Waals surface area (Å²) in [5.41, 5.74) is 4.33. The molecule has 2 aromatic rings. The van der Waals surface area contributed by atoms with Crippen molar-refractivity contribution in [3.05, 3.63) is 46.5 Å². The average Bonchev–Trinajstić information content (AvgIpc) is 3.43. The first-order valence-electron chi connectivity index (χ1n) is 10.8. The Hall–Kier alpha value is -3.20. The second-order valence-corrected chi connectivity index (χ2v) is 8.18. The predicted molar refractivity (Wildman–Crippen MR) is 122 cm³/mol. The van der Waals surface area contributed by atoms with Crippen molar-refractivity contribution in [1.82, 2.24) is 20.0 Å². The monoisotopic (exact) mass is 440 g/mol. The predicted octanol–water partition coefficient (Wildman–Crippen LogP) is 3.23. The summed E-state index contributed by atoms with van der Waals surface area (Å²) in [6.07, 6.45) is 2.81. The van der Waals surface area contributed by atoms with Gasteiger partial charge in [0.25, 0.3) is 0 Å². The Kier molecular flexibility index (Phi) is 6.27. The molecule has 4 rings (SSSR count). The molecule has 0 bridgehead atoms. The fraction of sp³-hybridized carbons (Fsp3) is 0.435. The van der Waals surface area contributed by atoms with Crippen molar-refractivity contribution in [2.45, 2.75) is 39.3 Å². The van der Waals surface area contributed by atoms with Gasteiger partial charge < -0.3 is 25.7 Å². The van der Waals surface area contributed by atoms with Crippen LogP contribution in [0.15, 0.2) is 23.9 Å². The minimum absolute atomic E-state index is 0.0138. The molecule has 1 amide bonds. The molecule has 1 aromatic heterocycles. The molecule has 0 saturated carbocycles. The molecule has 32 heavy (non-hydrogen) atoms. The van der Waals surface area contributed by atoms with Crippen LogP contribution in [0.2, 0.25) is 0 Å². The molecule has 0 unspecified atom stereocenters. The molecule has 0 radical (unpaired) electrons. The maximum absolute atomic E-state index is 15.0. The zero-order valence-electron chi connectivity index (χ0n) is 18.7. The van der Waals surface area contributed by atoms with E-state index in [2.05, 4.69) is 10.6 Å².